The van der Waals surface area contributed by atoms with Crippen LogP contribution in [0.15, 0.2) is 59.5 Å². The van der Waals surface area contributed by atoms with Gasteiger partial charge in [0.2, 0.25) is 0 Å². The maximum atomic E-state index is 14.4. The molecule has 4 aromatic rings. The second-order valence-electron chi connectivity index (χ2n) is 10.8. The average Bonchev–Trinajstić information content (AvgIpc) is 3.30. The Kier molecular flexibility index (Phi) is 7.83. The Hall–Kier alpha value is -4.38. The molecule has 2 aliphatic heterocycles. The van der Waals surface area contributed by atoms with E-state index >= 15 is 0 Å². The van der Waals surface area contributed by atoms with E-state index in [1.54, 1.807) is 30.3 Å². The summed E-state index contributed by atoms with van der Waals surface area (Å²) in [5, 5.41) is 18.4. The summed E-state index contributed by atoms with van der Waals surface area (Å²) in [6.45, 7) is 3.47. The number of carboxylic acids is 1. The molecule has 6 rings (SSSR count). The first kappa shape index (κ1) is 28.7. The highest BCUT2D eigenvalue weighted by atomic mass is 32.2. The summed E-state index contributed by atoms with van der Waals surface area (Å²) in [6, 6.07) is 15.1. The van der Waals surface area contributed by atoms with Gasteiger partial charge in [-0.3, -0.25) is 9.62 Å². The summed E-state index contributed by atoms with van der Waals surface area (Å²) in [5.74, 6) is -0.934. The van der Waals surface area contributed by atoms with Gasteiger partial charge in [-0.2, -0.15) is 5.26 Å². The minimum atomic E-state index is -4.25. The highest BCUT2D eigenvalue weighted by Crippen LogP contribution is 2.30. The fourth-order valence-electron chi connectivity index (χ4n) is 5.57. The summed E-state index contributed by atoms with van der Waals surface area (Å²) in [5.41, 5.74) is 2.52. The van der Waals surface area contributed by atoms with Crippen LogP contribution in [-0.2, 0) is 27.8 Å². The number of pyridine rings is 1. The highest BCUT2D eigenvalue weighted by molar-refractivity contribution is 7.92. The molecular weight excluding hydrogens is 575 g/mol. The predicted molar refractivity (Wildman–Crippen MR) is 154 cm³/mol. The third-order valence-corrected chi connectivity index (χ3v) is 9.37. The fourth-order valence-corrected chi connectivity index (χ4v) is 6.63. The number of nitrogens with zero attached hydrogens (tertiary/aromatic N) is 5. The van der Waals surface area contributed by atoms with Crippen molar-refractivity contribution >= 4 is 32.8 Å². The van der Waals surface area contributed by atoms with E-state index in [2.05, 4.69) is 19.2 Å². The molecule has 0 aliphatic carbocycles. The summed E-state index contributed by atoms with van der Waals surface area (Å²) in [6.07, 6.45) is 2.62. The lowest BCUT2D eigenvalue weighted by molar-refractivity contribution is -0.0592. The van der Waals surface area contributed by atoms with Crippen molar-refractivity contribution in [1.29, 1.82) is 5.26 Å². The number of hydrogen-bond donors (Lipinski definition) is 2. The van der Waals surface area contributed by atoms with Crippen LogP contribution in [0.5, 0.6) is 0 Å². The molecule has 2 fully saturated rings. The molecular formula is C30H29FN6O5S. The number of aromatic carboxylic acids is 1. The number of carboxylic acid groups (broad SMARTS) is 1. The minimum absolute atomic E-state index is 0.0277. The number of hydrogen-bond acceptors (Lipinski definition) is 8. The van der Waals surface area contributed by atoms with Crippen LogP contribution >= 0.6 is 0 Å². The van der Waals surface area contributed by atoms with Crippen LogP contribution in [-0.4, -0.2) is 64.7 Å². The number of likely N-dealkylation sites (tertiary alicyclic amines) is 1. The molecule has 11 nitrogen and oxygen atoms in total. The van der Waals surface area contributed by atoms with Crippen molar-refractivity contribution in [3.63, 3.8) is 0 Å². The molecule has 0 spiro atoms. The average molecular weight is 605 g/mol. The Balaban J connectivity index is 1.14. The Morgan fingerprint density at radius 3 is 2.58 bits per heavy atom. The zero-order valence-electron chi connectivity index (χ0n) is 23.1. The van der Waals surface area contributed by atoms with E-state index < -0.39 is 26.7 Å². The molecule has 222 valence electrons. The van der Waals surface area contributed by atoms with Crippen LogP contribution in [0, 0.1) is 17.1 Å². The fraction of sp³-hybridized carbons (Fsp3) is 0.333. The number of fused-ring (bicyclic) bond motifs is 1. The van der Waals surface area contributed by atoms with Crippen molar-refractivity contribution in [3.8, 4) is 6.07 Å². The van der Waals surface area contributed by atoms with Gasteiger partial charge in [0.1, 0.15) is 22.4 Å². The molecule has 0 unspecified atom stereocenters. The molecule has 4 heterocycles. The number of carbonyl (C=O) groups is 1. The number of rotatable bonds is 9. The monoisotopic (exact) mass is 604 g/mol. The molecule has 0 amide bonds. The third kappa shape index (κ3) is 6.08. The molecule has 2 aromatic heterocycles. The molecule has 1 atom stereocenters. The molecule has 2 N–H and O–H groups in total. The normalized spacial score (nSPS) is 17.8. The lowest BCUT2D eigenvalue weighted by Gasteiger charge is -2.32. The van der Waals surface area contributed by atoms with Gasteiger partial charge in [0.25, 0.3) is 10.0 Å². The van der Waals surface area contributed by atoms with Gasteiger partial charge in [-0.15, -0.1) is 0 Å². The maximum Gasteiger partial charge on any atom is 0.335 e. The lowest BCUT2D eigenvalue weighted by atomic mass is 9.93. The van der Waals surface area contributed by atoms with Gasteiger partial charge in [-0.25, -0.2) is 27.6 Å². The summed E-state index contributed by atoms with van der Waals surface area (Å²) in [7, 11) is -4.25. The van der Waals surface area contributed by atoms with E-state index in [0.717, 1.165) is 73.6 Å². The zero-order valence-corrected chi connectivity index (χ0v) is 23.9. The van der Waals surface area contributed by atoms with Crippen LogP contribution in [0.25, 0.3) is 11.0 Å². The number of anilines is 1. The zero-order chi connectivity index (χ0) is 30.1. The number of ether oxygens (including phenoxy) is 1. The number of nitrogens with one attached hydrogen (secondary N) is 1. The smallest absolute Gasteiger partial charge is 0.335 e. The standard InChI is InChI=1S/C30H29FN6O5S/c31-23-14-19(16-32)4-7-27(23)43(40,41)35-28-3-1-2-24(33-28)20-8-11-36(12-9-20)18-29-34-25-6-5-21(30(38)39)15-26(25)37(29)17-22-10-13-42-22/h1-7,14-15,20,22H,8-13,17-18H2,(H,33,35)(H,38,39)/t22-/m0/s1. The van der Waals surface area contributed by atoms with Gasteiger partial charge >= 0.3 is 5.97 Å². The van der Waals surface area contributed by atoms with Crippen LogP contribution < -0.4 is 4.72 Å². The first-order chi connectivity index (χ1) is 20.7. The van der Waals surface area contributed by atoms with Gasteiger partial charge in [0.05, 0.1) is 47.4 Å². The van der Waals surface area contributed by atoms with Crippen molar-refractivity contribution in [1.82, 2.24) is 19.4 Å². The topological polar surface area (TPSA) is 150 Å². The number of benzene rings is 2. The van der Waals surface area contributed by atoms with E-state index in [0.29, 0.717) is 13.1 Å². The predicted octanol–water partition coefficient (Wildman–Crippen LogP) is 4.11. The van der Waals surface area contributed by atoms with Crippen molar-refractivity contribution < 1.29 is 27.4 Å². The van der Waals surface area contributed by atoms with E-state index in [4.69, 9.17) is 15.0 Å². The molecule has 0 saturated carbocycles. The lowest BCUT2D eigenvalue weighted by Crippen LogP contribution is -2.35. The highest BCUT2D eigenvalue weighted by Gasteiger charge is 2.27. The van der Waals surface area contributed by atoms with Crippen molar-refractivity contribution in [2.45, 2.75) is 49.3 Å². The van der Waals surface area contributed by atoms with Gasteiger partial charge in [-0.05, 0) is 80.9 Å². The van der Waals surface area contributed by atoms with Crippen LogP contribution in [0.4, 0.5) is 10.2 Å². The number of sulfonamides is 1. The Labute approximate surface area is 247 Å². The number of halogens is 1. The minimum Gasteiger partial charge on any atom is -0.478 e. The molecule has 2 aromatic carbocycles. The summed E-state index contributed by atoms with van der Waals surface area (Å²) in [4.78, 5) is 22.7. The molecule has 43 heavy (non-hydrogen) atoms. The van der Waals surface area contributed by atoms with E-state index in [-0.39, 0.29) is 29.0 Å². The Morgan fingerprint density at radius 1 is 1.12 bits per heavy atom. The number of imidazole rings is 1. The number of piperidine rings is 1. The largest absolute Gasteiger partial charge is 0.478 e. The number of aromatic nitrogens is 3. The molecule has 13 heteroatoms. The first-order valence-electron chi connectivity index (χ1n) is 14.0. The van der Waals surface area contributed by atoms with Crippen LogP contribution in [0.1, 0.15) is 52.6 Å². The summed E-state index contributed by atoms with van der Waals surface area (Å²) >= 11 is 0. The van der Waals surface area contributed by atoms with Crippen molar-refractivity contribution in [2.75, 3.05) is 24.4 Å². The molecule has 2 aliphatic rings. The maximum absolute atomic E-state index is 14.4. The third-order valence-electron chi connectivity index (χ3n) is 7.98. The first-order valence-corrected chi connectivity index (χ1v) is 15.4. The van der Waals surface area contributed by atoms with E-state index in [1.165, 1.54) is 12.1 Å². The van der Waals surface area contributed by atoms with Crippen LogP contribution in [0.3, 0.4) is 0 Å². The molecule has 0 bridgehead atoms. The summed E-state index contributed by atoms with van der Waals surface area (Å²) < 4.78 is 50.1. The van der Waals surface area contributed by atoms with Crippen molar-refractivity contribution in [2.24, 2.45) is 0 Å². The van der Waals surface area contributed by atoms with Gasteiger partial charge in [-0.1, -0.05) is 6.07 Å². The van der Waals surface area contributed by atoms with Crippen LogP contribution in [0.2, 0.25) is 0 Å². The second-order valence-corrected chi connectivity index (χ2v) is 12.4. The van der Waals surface area contributed by atoms with Gasteiger partial charge in [0, 0.05) is 18.2 Å². The SMILES string of the molecule is N#Cc1ccc(S(=O)(=O)Nc2cccc(C3CCN(Cc4nc5ccc(C(=O)O)cc5n4C[C@@H]4CCO4)CC3)n2)c(F)c1. The quantitative estimate of drug-likeness (QED) is 0.288. The Morgan fingerprint density at radius 2 is 1.91 bits per heavy atom. The second kappa shape index (κ2) is 11.7. The Bertz CT molecular complexity index is 1840. The van der Waals surface area contributed by atoms with E-state index in [1.807, 2.05) is 6.07 Å². The van der Waals surface area contributed by atoms with Gasteiger partial charge in [0.15, 0.2) is 0 Å². The van der Waals surface area contributed by atoms with Crippen molar-refractivity contribution in [3.05, 3.63) is 83.1 Å². The number of nitriles is 1. The molecule has 2 saturated heterocycles. The molecule has 0 radical (unpaired) electrons. The van der Waals surface area contributed by atoms with Gasteiger partial charge < -0.3 is 14.4 Å². The van der Waals surface area contributed by atoms with E-state index in [9.17, 15) is 22.7 Å².